The number of aliphatic hydroxyl groups excluding tert-OH is 1. The molecule has 0 radical (unpaired) electrons. The lowest BCUT2D eigenvalue weighted by atomic mass is 9.72. The third-order valence-corrected chi connectivity index (χ3v) is 5.68. The first-order chi connectivity index (χ1) is 13.4. The first kappa shape index (κ1) is 20.0. The molecule has 2 aromatic rings. The number of hydrogen-bond donors (Lipinski definition) is 1. The van der Waals surface area contributed by atoms with E-state index >= 15 is 0 Å². The largest absolute Gasteiger partial charge is 0.493 e. The standard InChI is InChI=1S/C22H27NO5/c1-15(24)22(2)14-23(21(25)27-4)13-18(22)16-10-11-19(26-3)20(12-16)28-17-8-6-5-7-9-17/h5-12,15,18,24H,13-14H2,1-4H3/t15-,18+,22+/m1/s1. The molecule has 150 valence electrons. The Bertz CT molecular complexity index is 823. The average molecular weight is 385 g/mol. The summed E-state index contributed by atoms with van der Waals surface area (Å²) in [5, 5.41) is 10.5. The number of amides is 1. The fourth-order valence-electron chi connectivity index (χ4n) is 3.80. The lowest BCUT2D eigenvalue weighted by Crippen LogP contribution is -2.38. The summed E-state index contributed by atoms with van der Waals surface area (Å²) >= 11 is 0. The molecule has 1 saturated heterocycles. The van der Waals surface area contributed by atoms with Crippen molar-refractivity contribution in [3.63, 3.8) is 0 Å². The van der Waals surface area contributed by atoms with Gasteiger partial charge in [-0.2, -0.15) is 0 Å². The summed E-state index contributed by atoms with van der Waals surface area (Å²) in [6.45, 7) is 4.64. The summed E-state index contributed by atoms with van der Waals surface area (Å²) in [5.74, 6) is 1.85. The molecule has 1 N–H and O–H groups in total. The Kier molecular flexibility index (Phi) is 5.79. The molecule has 0 bridgehead atoms. The highest BCUT2D eigenvalue weighted by Gasteiger charge is 2.48. The number of rotatable bonds is 5. The molecule has 1 heterocycles. The highest BCUT2D eigenvalue weighted by atomic mass is 16.5. The number of ether oxygens (including phenoxy) is 3. The zero-order chi connectivity index (χ0) is 20.3. The molecule has 0 spiro atoms. The van der Waals surface area contributed by atoms with Crippen LogP contribution in [-0.2, 0) is 4.74 Å². The maximum Gasteiger partial charge on any atom is 0.409 e. The molecule has 1 aliphatic rings. The fraction of sp³-hybridized carbons (Fsp3) is 0.409. The molecule has 6 heteroatoms. The van der Waals surface area contributed by atoms with Crippen molar-refractivity contribution in [1.82, 2.24) is 4.90 Å². The first-order valence-electron chi connectivity index (χ1n) is 9.31. The minimum absolute atomic E-state index is 0.0735. The van der Waals surface area contributed by atoms with Gasteiger partial charge in [-0.3, -0.25) is 0 Å². The Balaban J connectivity index is 1.97. The van der Waals surface area contributed by atoms with Gasteiger partial charge in [-0.25, -0.2) is 4.79 Å². The molecule has 28 heavy (non-hydrogen) atoms. The Morgan fingerprint density at radius 2 is 1.89 bits per heavy atom. The number of carbonyl (C=O) groups is 1. The van der Waals surface area contributed by atoms with Gasteiger partial charge in [0.25, 0.3) is 0 Å². The van der Waals surface area contributed by atoms with Crippen molar-refractivity contribution in [2.24, 2.45) is 5.41 Å². The van der Waals surface area contributed by atoms with Gasteiger partial charge in [-0.15, -0.1) is 0 Å². The zero-order valence-corrected chi connectivity index (χ0v) is 16.7. The van der Waals surface area contributed by atoms with Gasteiger partial charge in [0.2, 0.25) is 0 Å². The molecule has 1 amide bonds. The number of methoxy groups -OCH3 is 2. The summed E-state index contributed by atoms with van der Waals surface area (Å²) in [4.78, 5) is 13.7. The molecule has 0 aromatic heterocycles. The van der Waals surface area contributed by atoms with E-state index in [1.165, 1.54) is 7.11 Å². The average Bonchev–Trinajstić information content (AvgIpc) is 3.07. The number of aliphatic hydroxyl groups is 1. The molecule has 3 atom stereocenters. The van der Waals surface area contributed by atoms with E-state index in [9.17, 15) is 9.90 Å². The highest BCUT2D eigenvalue weighted by Crippen LogP contribution is 2.47. The summed E-state index contributed by atoms with van der Waals surface area (Å²) in [6, 6.07) is 15.2. The van der Waals surface area contributed by atoms with Gasteiger partial charge in [0.1, 0.15) is 5.75 Å². The lowest BCUT2D eigenvalue weighted by Gasteiger charge is -2.33. The minimum atomic E-state index is -0.604. The van der Waals surface area contributed by atoms with E-state index in [0.29, 0.717) is 30.3 Å². The maximum atomic E-state index is 12.1. The predicted octanol–water partition coefficient (Wildman–Crippen LogP) is 4.04. The van der Waals surface area contributed by atoms with Crippen molar-refractivity contribution in [3.8, 4) is 17.2 Å². The number of nitrogens with zero attached hydrogens (tertiary/aromatic N) is 1. The highest BCUT2D eigenvalue weighted by molar-refractivity contribution is 5.68. The van der Waals surface area contributed by atoms with Gasteiger partial charge in [0.05, 0.1) is 20.3 Å². The number of benzene rings is 2. The van der Waals surface area contributed by atoms with E-state index in [4.69, 9.17) is 14.2 Å². The van der Waals surface area contributed by atoms with Crippen LogP contribution in [0, 0.1) is 5.41 Å². The Morgan fingerprint density at radius 1 is 1.18 bits per heavy atom. The van der Waals surface area contributed by atoms with Gasteiger partial charge in [0.15, 0.2) is 11.5 Å². The first-order valence-corrected chi connectivity index (χ1v) is 9.31. The number of hydrogen-bond acceptors (Lipinski definition) is 5. The number of para-hydroxylation sites is 1. The number of carbonyl (C=O) groups excluding carboxylic acids is 1. The Morgan fingerprint density at radius 3 is 2.50 bits per heavy atom. The van der Waals surface area contributed by atoms with E-state index in [1.54, 1.807) is 18.9 Å². The van der Waals surface area contributed by atoms with Crippen molar-refractivity contribution < 1.29 is 24.1 Å². The molecule has 0 saturated carbocycles. The third-order valence-electron chi connectivity index (χ3n) is 5.68. The number of likely N-dealkylation sites (tertiary alicyclic amines) is 1. The molecule has 6 nitrogen and oxygen atoms in total. The molecule has 1 fully saturated rings. The Labute approximate surface area is 165 Å². The Hall–Kier alpha value is -2.73. The fourth-order valence-corrected chi connectivity index (χ4v) is 3.80. The van der Waals surface area contributed by atoms with Crippen LogP contribution in [0.1, 0.15) is 25.3 Å². The van der Waals surface area contributed by atoms with E-state index in [-0.39, 0.29) is 12.0 Å². The minimum Gasteiger partial charge on any atom is -0.493 e. The smallest absolute Gasteiger partial charge is 0.409 e. The van der Waals surface area contributed by atoms with Gasteiger partial charge >= 0.3 is 6.09 Å². The summed E-state index contributed by atoms with van der Waals surface area (Å²) in [6.07, 6.45) is -0.989. The second-order valence-electron chi connectivity index (χ2n) is 7.41. The zero-order valence-electron chi connectivity index (χ0n) is 16.7. The molecule has 0 aliphatic carbocycles. The van der Waals surface area contributed by atoms with Crippen molar-refractivity contribution in [2.75, 3.05) is 27.3 Å². The van der Waals surface area contributed by atoms with Crippen LogP contribution in [0.3, 0.4) is 0 Å². The summed E-state index contributed by atoms with van der Waals surface area (Å²) < 4.78 is 16.4. The molecule has 1 aliphatic heterocycles. The van der Waals surface area contributed by atoms with Crippen molar-refractivity contribution in [1.29, 1.82) is 0 Å². The molecule has 3 rings (SSSR count). The van der Waals surface area contributed by atoms with Gasteiger partial charge < -0.3 is 24.2 Å². The second kappa shape index (κ2) is 8.10. The lowest BCUT2D eigenvalue weighted by molar-refractivity contribution is 0.0470. The monoisotopic (exact) mass is 385 g/mol. The quantitative estimate of drug-likeness (QED) is 0.841. The topological polar surface area (TPSA) is 68.2 Å². The molecular weight excluding hydrogens is 358 g/mol. The third kappa shape index (κ3) is 3.78. The van der Waals surface area contributed by atoms with Crippen LogP contribution in [0.25, 0.3) is 0 Å². The van der Waals surface area contributed by atoms with Gasteiger partial charge in [-0.05, 0) is 36.8 Å². The molecular formula is C22H27NO5. The van der Waals surface area contributed by atoms with E-state index < -0.39 is 11.5 Å². The van der Waals surface area contributed by atoms with E-state index in [2.05, 4.69) is 0 Å². The van der Waals surface area contributed by atoms with E-state index in [1.807, 2.05) is 55.5 Å². The summed E-state index contributed by atoms with van der Waals surface area (Å²) in [5.41, 5.74) is 0.466. The van der Waals surface area contributed by atoms with Crippen molar-refractivity contribution in [3.05, 3.63) is 54.1 Å². The van der Waals surface area contributed by atoms with Crippen LogP contribution in [0.4, 0.5) is 4.79 Å². The maximum absolute atomic E-state index is 12.1. The molecule has 2 aromatic carbocycles. The van der Waals surface area contributed by atoms with Crippen LogP contribution < -0.4 is 9.47 Å². The van der Waals surface area contributed by atoms with Crippen molar-refractivity contribution in [2.45, 2.75) is 25.9 Å². The van der Waals surface area contributed by atoms with Crippen LogP contribution in [-0.4, -0.2) is 49.5 Å². The van der Waals surface area contributed by atoms with Crippen LogP contribution in [0.5, 0.6) is 17.2 Å². The molecule has 0 unspecified atom stereocenters. The summed E-state index contributed by atoms with van der Waals surface area (Å²) in [7, 11) is 2.97. The normalized spacial score (nSPS) is 22.6. The van der Waals surface area contributed by atoms with Crippen molar-refractivity contribution >= 4 is 6.09 Å². The van der Waals surface area contributed by atoms with Crippen LogP contribution >= 0.6 is 0 Å². The van der Waals surface area contributed by atoms with Crippen LogP contribution in [0.2, 0.25) is 0 Å². The SMILES string of the molecule is COC(=O)N1C[C@@H](c2ccc(OC)c(Oc3ccccc3)c2)[C@](C)([C@@H](C)O)C1. The van der Waals surface area contributed by atoms with Gasteiger partial charge in [-0.1, -0.05) is 31.2 Å². The van der Waals surface area contributed by atoms with E-state index in [0.717, 1.165) is 5.56 Å². The van der Waals surface area contributed by atoms with Gasteiger partial charge in [0, 0.05) is 24.4 Å². The predicted molar refractivity (Wildman–Crippen MR) is 106 cm³/mol. The second-order valence-corrected chi connectivity index (χ2v) is 7.41. The van der Waals surface area contributed by atoms with Crippen LogP contribution in [0.15, 0.2) is 48.5 Å².